The minimum atomic E-state index is -0.819. The lowest BCUT2D eigenvalue weighted by Gasteiger charge is -2.11. The molecule has 0 amide bonds. The van der Waals surface area contributed by atoms with Crippen LogP contribution in [0.3, 0.4) is 0 Å². The zero-order valence-corrected chi connectivity index (χ0v) is 8.25. The summed E-state index contributed by atoms with van der Waals surface area (Å²) in [5.41, 5.74) is 0.179. The summed E-state index contributed by atoms with van der Waals surface area (Å²) in [4.78, 5) is 13.4. The molecule has 0 aliphatic rings. The molecule has 0 fully saturated rings. The van der Waals surface area contributed by atoms with Crippen molar-refractivity contribution in [2.45, 2.75) is 13.0 Å². The van der Waals surface area contributed by atoms with Crippen LogP contribution in [0.5, 0.6) is 5.75 Å². The number of benzene rings is 1. The summed E-state index contributed by atoms with van der Waals surface area (Å²) in [5.74, 6) is -1.67. The van der Waals surface area contributed by atoms with Crippen LogP contribution in [0.15, 0.2) is 17.1 Å². The smallest absolute Gasteiger partial charge is 0.235 e. The van der Waals surface area contributed by atoms with Crippen LogP contribution in [0.4, 0.5) is 8.78 Å². The molecule has 15 heavy (non-hydrogen) atoms. The van der Waals surface area contributed by atoms with Crippen molar-refractivity contribution in [3.8, 4) is 5.75 Å². The van der Waals surface area contributed by atoms with Crippen molar-refractivity contribution in [2.24, 2.45) is 4.99 Å². The molecule has 1 aromatic rings. The van der Waals surface area contributed by atoms with Crippen molar-refractivity contribution in [1.82, 2.24) is 0 Å². The molecule has 5 heteroatoms. The second-order valence-electron chi connectivity index (χ2n) is 2.91. The third-order valence-corrected chi connectivity index (χ3v) is 1.94. The van der Waals surface area contributed by atoms with Crippen molar-refractivity contribution in [3.63, 3.8) is 0 Å². The Kier molecular flexibility index (Phi) is 3.52. The minimum Gasteiger partial charge on any atom is -0.493 e. The second-order valence-corrected chi connectivity index (χ2v) is 2.91. The fourth-order valence-corrected chi connectivity index (χ4v) is 1.25. The van der Waals surface area contributed by atoms with Gasteiger partial charge in [0.15, 0.2) is 11.6 Å². The average molecular weight is 213 g/mol. The number of nitrogens with zero attached hydrogens (tertiary/aromatic N) is 1. The summed E-state index contributed by atoms with van der Waals surface area (Å²) in [5, 5.41) is 0. The van der Waals surface area contributed by atoms with Gasteiger partial charge in [0.05, 0.1) is 13.2 Å². The van der Waals surface area contributed by atoms with Gasteiger partial charge in [0.25, 0.3) is 0 Å². The lowest BCUT2D eigenvalue weighted by atomic mass is 10.1. The van der Waals surface area contributed by atoms with Crippen LogP contribution in [-0.2, 0) is 4.79 Å². The summed E-state index contributed by atoms with van der Waals surface area (Å²) in [7, 11) is 1.26. The molecule has 1 rings (SSSR count). The highest BCUT2D eigenvalue weighted by molar-refractivity contribution is 5.41. The molecular weight excluding hydrogens is 204 g/mol. The van der Waals surface area contributed by atoms with Gasteiger partial charge in [-0.05, 0) is 13.0 Å². The molecule has 1 atom stereocenters. The zero-order chi connectivity index (χ0) is 11.4. The summed E-state index contributed by atoms with van der Waals surface area (Å²) in [6, 6.07) is 1.09. The van der Waals surface area contributed by atoms with Gasteiger partial charge in [-0.3, -0.25) is 0 Å². The standard InChI is InChI=1S/C10H9F2NO2/c1-6(13-5-14)8-3-7(11)4-9(12)10(8)15-2/h3-4,6H,1-2H3. The highest BCUT2D eigenvalue weighted by Gasteiger charge is 2.16. The van der Waals surface area contributed by atoms with Crippen LogP contribution in [0, 0.1) is 11.6 Å². The topological polar surface area (TPSA) is 38.7 Å². The Morgan fingerprint density at radius 1 is 1.47 bits per heavy atom. The van der Waals surface area contributed by atoms with Crippen LogP contribution in [-0.4, -0.2) is 13.2 Å². The van der Waals surface area contributed by atoms with E-state index in [1.54, 1.807) is 0 Å². The van der Waals surface area contributed by atoms with Crippen molar-refractivity contribution in [2.75, 3.05) is 7.11 Å². The quantitative estimate of drug-likeness (QED) is 0.571. The van der Waals surface area contributed by atoms with Gasteiger partial charge in [-0.2, -0.15) is 4.99 Å². The van der Waals surface area contributed by atoms with Crippen molar-refractivity contribution in [3.05, 3.63) is 29.3 Å². The molecule has 0 bridgehead atoms. The van der Waals surface area contributed by atoms with E-state index in [0.29, 0.717) is 6.07 Å². The lowest BCUT2D eigenvalue weighted by molar-refractivity contribution is 0.376. The van der Waals surface area contributed by atoms with E-state index < -0.39 is 17.7 Å². The Balaban J connectivity index is 3.31. The number of hydrogen-bond acceptors (Lipinski definition) is 3. The summed E-state index contributed by atoms with van der Waals surface area (Å²) < 4.78 is 30.9. The van der Waals surface area contributed by atoms with Crippen molar-refractivity contribution >= 4 is 6.08 Å². The van der Waals surface area contributed by atoms with E-state index in [2.05, 4.69) is 4.99 Å². The Labute approximate surface area is 85.4 Å². The van der Waals surface area contributed by atoms with Crippen LogP contribution in [0.25, 0.3) is 0 Å². The molecule has 0 aliphatic carbocycles. The summed E-state index contributed by atoms with van der Waals surface area (Å²) >= 11 is 0. The van der Waals surface area contributed by atoms with Crippen LogP contribution < -0.4 is 4.74 Å². The molecule has 80 valence electrons. The van der Waals surface area contributed by atoms with Gasteiger partial charge in [0, 0.05) is 11.6 Å². The summed E-state index contributed by atoms with van der Waals surface area (Å²) in [6.45, 7) is 1.52. The number of hydrogen-bond donors (Lipinski definition) is 0. The maximum Gasteiger partial charge on any atom is 0.235 e. The Morgan fingerprint density at radius 2 is 2.13 bits per heavy atom. The van der Waals surface area contributed by atoms with E-state index in [-0.39, 0.29) is 11.3 Å². The summed E-state index contributed by atoms with van der Waals surface area (Å²) in [6.07, 6.45) is 1.33. The van der Waals surface area contributed by atoms with Gasteiger partial charge in [0.1, 0.15) is 5.82 Å². The first kappa shape index (κ1) is 11.3. The Hall–Kier alpha value is -1.74. The Morgan fingerprint density at radius 3 is 2.67 bits per heavy atom. The third kappa shape index (κ3) is 2.39. The van der Waals surface area contributed by atoms with Crippen LogP contribution in [0.1, 0.15) is 18.5 Å². The van der Waals surface area contributed by atoms with E-state index in [4.69, 9.17) is 4.74 Å². The first-order valence-corrected chi connectivity index (χ1v) is 4.20. The van der Waals surface area contributed by atoms with Gasteiger partial charge in [-0.1, -0.05) is 0 Å². The number of methoxy groups -OCH3 is 1. The predicted molar refractivity (Wildman–Crippen MR) is 49.4 cm³/mol. The van der Waals surface area contributed by atoms with Gasteiger partial charge in [0.2, 0.25) is 6.08 Å². The fourth-order valence-electron chi connectivity index (χ4n) is 1.25. The molecule has 1 aromatic carbocycles. The largest absolute Gasteiger partial charge is 0.493 e. The van der Waals surface area contributed by atoms with Gasteiger partial charge < -0.3 is 4.74 Å². The lowest BCUT2D eigenvalue weighted by Crippen LogP contribution is -1.99. The molecule has 0 spiro atoms. The molecule has 3 nitrogen and oxygen atoms in total. The number of isocyanates is 1. The van der Waals surface area contributed by atoms with Crippen molar-refractivity contribution in [1.29, 1.82) is 0 Å². The number of rotatable bonds is 3. The molecule has 0 radical (unpaired) electrons. The van der Waals surface area contributed by atoms with Gasteiger partial charge in [-0.15, -0.1) is 0 Å². The molecular formula is C10H9F2NO2. The first-order chi connectivity index (χ1) is 7.10. The molecule has 0 N–H and O–H groups in total. The van der Waals surface area contributed by atoms with E-state index in [0.717, 1.165) is 6.07 Å². The monoisotopic (exact) mass is 213 g/mol. The SMILES string of the molecule is COc1c(F)cc(F)cc1C(C)N=C=O. The van der Waals surface area contributed by atoms with E-state index in [1.165, 1.54) is 20.1 Å². The van der Waals surface area contributed by atoms with Gasteiger partial charge in [-0.25, -0.2) is 13.6 Å². The predicted octanol–water partition coefficient (Wildman–Crippen LogP) is 2.37. The maximum absolute atomic E-state index is 13.2. The fraction of sp³-hybridized carbons (Fsp3) is 0.300. The molecule has 0 saturated carbocycles. The maximum atomic E-state index is 13.2. The number of halogens is 2. The van der Waals surface area contributed by atoms with Crippen LogP contribution >= 0.6 is 0 Å². The second kappa shape index (κ2) is 4.66. The third-order valence-electron chi connectivity index (χ3n) is 1.94. The Bertz CT molecular complexity index is 414. The van der Waals surface area contributed by atoms with Crippen LogP contribution in [0.2, 0.25) is 0 Å². The number of aliphatic imine (C=N–C) groups is 1. The molecule has 1 unspecified atom stereocenters. The first-order valence-electron chi connectivity index (χ1n) is 4.20. The number of ether oxygens (including phenoxy) is 1. The minimum absolute atomic E-state index is 0.108. The molecule has 0 saturated heterocycles. The van der Waals surface area contributed by atoms with E-state index >= 15 is 0 Å². The molecule has 0 aliphatic heterocycles. The van der Waals surface area contributed by atoms with Crippen molar-refractivity contribution < 1.29 is 18.3 Å². The van der Waals surface area contributed by atoms with E-state index in [1.807, 2.05) is 0 Å². The zero-order valence-electron chi connectivity index (χ0n) is 8.25. The molecule has 0 heterocycles. The van der Waals surface area contributed by atoms with Gasteiger partial charge >= 0.3 is 0 Å². The highest BCUT2D eigenvalue weighted by atomic mass is 19.1. The average Bonchev–Trinajstić information content (AvgIpc) is 2.17. The highest BCUT2D eigenvalue weighted by Crippen LogP contribution is 2.30. The number of carbonyl (C=O) groups excluding carboxylic acids is 1. The van der Waals surface area contributed by atoms with E-state index in [9.17, 15) is 13.6 Å². The normalized spacial score (nSPS) is 11.7. The molecule has 0 aromatic heterocycles.